The summed E-state index contributed by atoms with van der Waals surface area (Å²) in [6, 6.07) is 16.1. The number of nitrogens with two attached hydrogens (primary N) is 4. The largest absolute Gasteiger partial charge is 0.370 e. The van der Waals surface area contributed by atoms with Crippen molar-refractivity contribution in [2.24, 2.45) is 32.9 Å². The number of carbonyl (C=O) groups is 5. The molecule has 53 heavy (non-hydrogen) atoms. The molecule has 1 aliphatic rings. The van der Waals surface area contributed by atoms with Crippen LogP contribution < -0.4 is 49.5 Å². The summed E-state index contributed by atoms with van der Waals surface area (Å²) in [5.74, 6) is -3.49. The van der Waals surface area contributed by atoms with Crippen LogP contribution in [0.2, 0.25) is 0 Å². The Morgan fingerprint density at radius 1 is 0.604 bits per heavy atom. The lowest BCUT2D eigenvalue weighted by atomic mass is 10.0. The van der Waals surface area contributed by atoms with E-state index in [4.69, 9.17) is 22.9 Å². The van der Waals surface area contributed by atoms with Crippen molar-refractivity contribution >= 4 is 68.2 Å². The highest BCUT2D eigenvalue weighted by atomic mass is 79.9. The SMILES string of the molecule is NC(N)=NCCC[C@@H]1NC(=O)[C@H](CCCN=C(N)N)NC(=O)[C@@H](Cc2ccc(Br)cc2)NC(=O)CNC(=O)[C@H](Cc2ccc3ccccc3c2)NC1=O. The number of guanidine groups is 2. The van der Waals surface area contributed by atoms with Gasteiger partial charge in [-0.25, -0.2) is 0 Å². The van der Waals surface area contributed by atoms with Crippen molar-refractivity contribution in [3.05, 3.63) is 82.3 Å². The number of halogens is 1. The zero-order valence-electron chi connectivity index (χ0n) is 29.1. The minimum absolute atomic E-state index is 0.0817. The molecule has 0 saturated carbocycles. The van der Waals surface area contributed by atoms with Crippen LogP contribution in [0.5, 0.6) is 0 Å². The number of nitrogens with one attached hydrogen (secondary N) is 5. The van der Waals surface area contributed by atoms with Gasteiger partial charge in [-0.15, -0.1) is 0 Å². The molecule has 1 fully saturated rings. The van der Waals surface area contributed by atoms with Gasteiger partial charge in [0, 0.05) is 30.4 Å². The summed E-state index contributed by atoms with van der Waals surface area (Å²) in [6.45, 7) is -0.130. The topological polar surface area (TPSA) is 274 Å². The summed E-state index contributed by atoms with van der Waals surface area (Å²) in [4.78, 5) is 76.5. The zero-order chi connectivity index (χ0) is 38.3. The summed E-state index contributed by atoms with van der Waals surface area (Å²) in [7, 11) is 0. The molecule has 0 aromatic heterocycles. The minimum Gasteiger partial charge on any atom is -0.370 e. The van der Waals surface area contributed by atoms with Crippen molar-refractivity contribution in [2.75, 3.05) is 19.6 Å². The van der Waals surface area contributed by atoms with Gasteiger partial charge in [0.25, 0.3) is 0 Å². The fourth-order valence-corrected chi connectivity index (χ4v) is 6.04. The number of carbonyl (C=O) groups excluding carboxylic acids is 5. The van der Waals surface area contributed by atoms with E-state index in [1.54, 1.807) is 24.3 Å². The van der Waals surface area contributed by atoms with Crippen molar-refractivity contribution in [1.82, 2.24) is 26.6 Å². The molecular weight excluding hydrogens is 746 g/mol. The number of amides is 5. The summed E-state index contributed by atoms with van der Waals surface area (Å²) in [5.41, 5.74) is 23.4. The van der Waals surface area contributed by atoms with Crippen LogP contribution in [0.3, 0.4) is 0 Å². The van der Waals surface area contributed by atoms with Crippen molar-refractivity contribution in [3.8, 4) is 0 Å². The van der Waals surface area contributed by atoms with Gasteiger partial charge in [-0.1, -0.05) is 70.5 Å². The monoisotopic (exact) mass is 791 g/mol. The van der Waals surface area contributed by atoms with Gasteiger partial charge in [0.15, 0.2) is 11.9 Å². The zero-order valence-corrected chi connectivity index (χ0v) is 30.7. The average molecular weight is 793 g/mol. The third kappa shape index (κ3) is 13.1. The fourth-order valence-electron chi connectivity index (χ4n) is 5.77. The minimum atomic E-state index is -1.15. The normalized spacial score (nSPS) is 20.1. The van der Waals surface area contributed by atoms with Gasteiger partial charge in [0.05, 0.1) is 6.54 Å². The lowest BCUT2D eigenvalue weighted by Crippen LogP contribution is -2.58. The molecular formula is C36H46BrN11O5. The second-order valence-electron chi connectivity index (χ2n) is 12.6. The first kappa shape index (κ1) is 40.1. The predicted octanol–water partition coefficient (Wildman–Crippen LogP) is -0.436. The molecule has 1 saturated heterocycles. The van der Waals surface area contributed by atoms with Crippen LogP contribution in [0.25, 0.3) is 10.8 Å². The highest BCUT2D eigenvalue weighted by Crippen LogP contribution is 2.17. The van der Waals surface area contributed by atoms with Gasteiger partial charge in [-0.2, -0.15) is 0 Å². The van der Waals surface area contributed by atoms with Crippen LogP contribution >= 0.6 is 15.9 Å². The highest BCUT2D eigenvalue weighted by Gasteiger charge is 2.32. The molecule has 282 valence electrons. The summed E-state index contributed by atoms with van der Waals surface area (Å²) in [6.07, 6.45) is 0.956. The first-order valence-corrected chi connectivity index (χ1v) is 18.0. The van der Waals surface area contributed by atoms with E-state index in [0.29, 0.717) is 12.8 Å². The van der Waals surface area contributed by atoms with E-state index in [1.807, 2.05) is 42.5 Å². The van der Waals surface area contributed by atoms with Crippen LogP contribution in [0.1, 0.15) is 36.8 Å². The maximum absolute atomic E-state index is 13.9. The summed E-state index contributed by atoms with van der Waals surface area (Å²) >= 11 is 3.40. The molecule has 0 radical (unpaired) electrons. The summed E-state index contributed by atoms with van der Waals surface area (Å²) < 4.78 is 0.825. The number of aliphatic imine (C=N–C) groups is 2. The van der Waals surface area contributed by atoms with Gasteiger partial charge in [0.1, 0.15) is 24.2 Å². The highest BCUT2D eigenvalue weighted by molar-refractivity contribution is 9.10. The molecule has 1 aliphatic heterocycles. The van der Waals surface area contributed by atoms with Crippen LogP contribution in [0.15, 0.2) is 81.2 Å². The molecule has 1 heterocycles. The molecule has 5 amide bonds. The number of nitrogens with zero attached hydrogens (tertiary/aromatic N) is 2. The van der Waals surface area contributed by atoms with E-state index >= 15 is 0 Å². The van der Waals surface area contributed by atoms with E-state index in [2.05, 4.69) is 52.5 Å². The van der Waals surface area contributed by atoms with Crippen molar-refractivity contribution in [1.29, 1.82) is 0 Å². The Bertz CT molecular complexity index is 1830. The first-order chi connectivity index (χ1) is 25.4. The Kier molecular flexibility index (Phi) is 15.0. The molecule has 0 aliphatic carbocycles. The number of hydrogen-bond donors (Lipinski definition) is 9. The number of hydrogen-bond acceptors (Lipinski definition) is 7. The molecule has 17 heteroatoms. The Morgan fingerprint density at radius 2 is 1.09 bits per heavy atom. The Balaban J connectivity index is 1.68. The summed E-state index contributed by atoms with van der Waals surface area (Å²) in [5, 5.41) is 15.5. The van der Waals surface area contributed by atoms with Crippen LogP contribution in [-0.2, 0) is 36.8 Å². The van der Waals surface area contributed by atoms with Crippen molar-refractivity contribution in [3.63, 3.8) is 0 Å². The number of fused-ring (bicyclic) bond motifs is 1. The molecule has 3 aromatic rings. The quantitative estimate of drug-likeness (QED) is 0.0653. The second-order valence-corrected chi connectivity index (χ2v) is 13.6. The van der Waals surface area contributed by atoms with E-state index in [-0.39, 0.29) is 50.7 Å². The molecule has 4 atom stereocenters. The van der Waals surface area contributed by atoms with Gasteiger partial charge >= 0.3 is 0 Å². The van der Waals surface area contributed by atoms with Gasteiger partial charge < -0.3 is 49.5 Å². The van der Waals surface area contributed by atoms with E-state index in [0.717, 1.165) is 26.4 Å². The fraction of sp³-hybridized carbons (Fsp3) is 0.361. The average Bonchev–Trinajstić information content (AvgIpc) is 3.12. The van der Waals surface area contributed by atoms with Crippen molar-refractivity contribution < 1.29 is 24.0 Å². The van der Waals surface area contributed by atoms with Crippen molar-refractivity contribution in [2.45, 2.75) is 62.7 Å². The van der Waals surface area contributed by atoms with E-state index in [1.165, 1.54) is 0 Å². The lowest BCUT2D eigenvalue weighted by Gasteiger charge is -2.26. The Morgan fingerprint density at radius 3 is 1.68 bits per heavy atom. The van der Waals surface area contributed by atoms with E-state index < -0.39 is 60.2 Å². The van der Waals surface area contributed by atoms with Gasteiger partial charge in [-0.05, 0) is 59.7 Å². The molecule has 0 bridgehead atoms. The maximum Gasteiger partial charge on any atom is 0.243 e. The molecule has 4 rings (SSSR count). The molecule has 0 unspecified atom stereocenters. The molecule has 13 N–H and O–H groups in total. The second kappa shape index (κ2) is 19.8. The number of rotatable bonds is 12. The molecule has 0 spiro atoms. The predicted molar refractivity (Wildman–Crippen MR) is 206 cm³/mol. The molecule has 16 nitrogen and oxygen atoms in total. The third-order valence-corrected chi connectivity index (χ3v) is 9.00. The molecule has 3 aromatic carbocycles. The first-order valence-electron chi connectivity index (χ1n) is 17.2. The number of benzene rings is 3. The van der Waals surface area contributed by atoms with Gasteiger partial charge in [0.2, 0.25) is 29.5 Å². The third-order valence-electron chi connectivity index (χ3n) is 8.47. The van der Waals surface area contributed by atoms with Crippen LogP contribution in [-0.4, -0.2) is 85.3 Å². The van der Waals surface area contributed by atoms with E-state index in [9.17, 15) is 24.0 Å². The Labute approximate surface area is 315 Å². The standard InChI is InChI=1S/C36H46BrN11O5/c37-25-13-10-21(11-14-25)18-29-34(53)47-26(7-3-15-42-35(38)39)32(51)46-27(8-4-16-43-36(40)41)33(52)48-28(31(50)44-20-30(49)45-29)19-22-9-12-23-5-1-2-6-24(23)17-22/h1-2,5-6,9-14,17,26-29H,3-4,7-8,15-16,18-20H2,(H,44,50)(H,45,49)(H,46,51)(H,47,53)(H,48,52)(H4,38,39,42)(H4,40,41,43)/t26-,27-,28-,29+/m0/s1. The van der Waals surface area contributed by atoms with Gasteiger partial charge in [-0.3, -0.25) is 34.0 Å². The lowest BCUT2D eigenvalue weighted by molar-refractivity contribution is -0.134. The van der Waals surface area contributed by atoms with Crippen LogP contribution in [0.4, 0.5) is 0 Å². The van der Waals surface area contributed by atoms with Crippen LogP contribution in [0, 0.1) is 0 Å². The smallest absolute Gasteiger partial charge is 0.243 e. The maximum atomic E-state index is 13.9. The Hall–Kier alpha value is -5.71.